The summed E-state index contributed by atoms with van der Waals surface area (Å²) in [6.07, 6.45) is 1.83. The Bertz CT molecular complexity index is 376. The van der Waals surface area contributed by atoms with Gasteiger partial charge in [-0.1, -0.05) is 12.1 Å². The quantitative estimate of drug-likeness (QED) is 0.752. The molecule has 1 aromatic rings. The lowest BCUT2D eigenvalue weighted by molar-refractivity contribution is -0.145. The molecule has 4 nitrogen and oxygen atoms in total. The number of rotatable bonds is 7. The molecule has 0 aliphatic rings. The van der Waals surface area contributed by atoms with Gasteiger partial charge in [0.05, 0.1) is 20.1 Å². The smallest absolute Gasteiger partial charge is 0.308 e. The lowest BCUT2D eigenvalue weighted by atomic mass is 9.95. The maximum absolute atomic E-state index is 11.6. The molecule has 1 atom stereocenters. The minimum Gasteiger partial charge on any atom is -0.497 e. The lowest BCUT2D eigenvalue weighted by Gasteiger charge is -2.14. The van der Waals surface area contributed by atoms with Crippen LogP contribution >= 0.6 is 0 Å². The molecule has 1 aromatic carbocycles. The number of ether oxygens (including phenoxy) is 2. The molecule has 0 amide bonds. The van der Waals surface area contributed by atoms with Crippen LogP contribution in [0.5, 0.6) is 5.75 Å². The summed E-state index contributed by atoms with van der Waals surface area (Å²) in [5.41, 5.74) is 1.03. The van der Waals surface area contributed by atoms with E-state index in [4.69, 9.17) is 14.6 Å². The van der Waals surface area contributed by atoms with Crippen LogP contribution in [-0.2, 0) is 16.0 Å². The van der Waals surface area contributed by atoms with Gasteiger partial charge in [0.2, 0.25) is 0 Å². The summed E-state index contributed by atoms with van der Waals surface area (Å²) in [5.74, 6) is 0.332. The highest BCUT2D eigenvalue weighted by Crippen LogP contribution is 2.19. The van der Waals surface area contributed by atoms with Gasteiger partial charge < -0.3 is 14.6 Å². The van der Waals surface area contributed by atoms with E-state index >= 15 is 0 Å². The Morgan fingerprint density at radius 3 is 2.78 bits per heavy atom. The second-order valence-corrected chi connectivity index (χ2v) is 4.14. The fourth-order valence-corrected chi connectivity index (χ4v) is 1.89. The summed E-state index contributed by atoms with van der Waals surface area (Å²) in [5, 5.41) is 8.85. The molecule has 0 aliphatic carbocycles. The SMILES string of the molecule is COC(=O)C(CCCO)Cc1cccc(OC)c1. The van der Waals surface area contributed by atoms with Gasteiger partial charge in [-0.3, -0.25) is 4.79 Å². The molecule has 1 N–H and O–H groups in total. The fourth-order valence-electron chi connectivity index (χ4n) is 1.89. The van der Waals surface area contributed by atoms with Crippen molar-refractivity contribution in [1.82, 2.24) is 0 Å². The van der Waals surface area contributed by atoms with E-state index in [0.717, 1.165) is 11.3 Å². The molecule has 4 heteroatoms. The molecule has 0 aliphatic heterocycles. The molecule has 0 fully saturated rings. The Hall–Kier alpha value is -1.55. The lowest BCUT2D eigenvalue weighted by Crippen LogP contribution is -2.19. The summed E-state index contributed by atoms with van der Waals surface area (Å²) in [7, 11) is 3.00. The third kappa shape index (κ3) is 4.37. The highest BCUT2D eigenvalue weighted by atomic mass is 16.5. The van der Waals surface area contributed by atoms with Gasteiger partial charge in [0.1, 0.15) is 5.75 Å². The third-order valence-electron chi connectivity index (χ3n) is 2.86. The van der Waals surface area contributed by atoms with Crippen molar-refractivity contribution < 1.29 is 19.4 Å². The van der Waals surface area contributed by atoms with Crippen LogP contribution in [0, 0.1) is 5.92 Å². The van der Waals surface area contributed by atoms with Gasteiger partial charge in [0.15, 0.2) is 0 Å². The molecule has 0 saturated heterocycles. The molecular weight excluding hydrogens is 232 g/mol. The standard InChI is InChI=1S/C14H20O4/c1-17-13-7-3-5-11(10-13)9-12(6-4-8-15)14(16)18-2/h3,5,7,10,12,15H,4,6,8-9H2,1-2H3. The molecule has 0 saturated carbocycles. The number of carbonyl (C=O) groups is 1. The van der Waals surface area contributed by atoms with E-state index in [0.29, 0.717) is 19.3 Å². The summed E-state index contributed by atoms with van der Waals surface area (Å²) < 4.78 is 9.93. The number of hydrogen-bond acceptors (Lipinski definition) is 4. The van der Waals surface area contributed by atoms with Gasteiger partial charge in [-0.15, -0.1) is 0 Å². The maximum Gasteiger partial charge on any atom is 0.308 e. The zero-order chi connectivity index (χ0) is 13.4. The third-order valence-corrected chi connectivity index (χ3v) is 2.86. The van der Waals surface area contributed by atoms with Crippen molar-refractivity contribution in [3.8, 4) is 5.75 Å². The predicted molar refractivity (Wildman–Crippen MR) is 68.5 cm³/mol. The summed E-state index contributed by atoms with van der Waals surface area (Å²) in [4.78, 5) is 11.6. The van der Waals surface area contributed by atoms with E-state index in [-0.39, 0.29) is 18.5 Å². The highest BCUT2D eigenvalue weighted by molar-refractivity contribution is 5.72. The summed E-state index contributed by atoms with van der Waals surface area (Å²) >= 11 is 0. The van der Waals surface area contributed by atoms with Crippen LogP contribution in [0.3, 0.4) is 0 Å². The molecule has 100 valence electrons. The Morgan fingerprint density at radius 1 is 1.39 bits per heavy atom. The first-order valence-corrected chi connectivity index (χ1v) is 6.03. The fraction of sp³-hybridized carbons (Fsp3) is 0.500. The molecule has 0 bridgehead atoms. The first kappa shape index (κ1) is 14.5. The Labute approximate surface area is 108 Å². The van der Waals surface area contributed by atoms with Crippen LogP contribution in [-0.4, -0.2) is 31.9 Å². The Kier molecular flexibility index (Phi) is 6.22. The molecule has 0 aromatic heterocycles. The molecule has 0 spiro atoms. The highest BCUT2D eigenvalue weighted by Gasteiger charge is 2.19. The van der Waals surface area contributed by atoms with Crippen LogP contribution in [0.25, 0.3) is 0 Å². The van der Waals surface area contributed by atoms with Gasteiger partial charge in [0.25, 0.3) is 0 Å². The van der Waals surface area contributed by atoms with Crippen molar-refractivity contribution >= 4 is 5.97 Å². The topological polar surface area (TPSA) is 55.8 Å². The largest absolute Gasteiger partial charge is 0.497 e. The van der Waals surface area contributed by atoms with E-state index in [1.54, 1.807) is 7.11 Å². The number of aliphatic hydroxyl groups excluding tert-OH is 1. The number of methoxy groups -OCH3 is 2. The van der Waals surface area contributed by atoms with Crippen LogP contribution in [0.1, 0.15) is 18.4 Å². The molecule has 18 heavy (non-hydrogen) atoms. The van der Waals surface area contributed by atoms with Crippen LogP contribution < -0.4 is 4.74 Å². The Morgan fingerprint density at radius 2 is 2.17 bits per heavy atom. The van der Waals surface area contributed by atoms with Crippen molar-refractivity contribution in [2.45, 2.75) is 19.3 Å². The normalized spacial score (nSPS) is 11.9. The van der Waals surface area contributed by atoms with Crippen molar-refractivity contribution in [2.24, 2.45) is 5.92 Å². The Balaban J connectivity index is 2.71. The number of aliphatic hydroxyl groups is 1. The van der Waals surface area contributed by atoms with E-state index in [1.165, 1.54) is 7.11 Å². The average Bonchev–Trinajstić information content (AvgIpc) is 2.42. The number of hydrogen-bond donors (Lipinski definition) is 1. The van der Waals surface area contributed by atoms with Crippen molar-refractivity contribution in [1.29, 1.82) is 0 Å². The number of benzene rings is 1. The maximum atomic E-state index is 11.6. The summed E-state index contributed by atoms with van der Waals surface area (Å²) in [6, 6.07) is 7.63. The number of carbonyl (C=O) groups excluding carboxylic acids is 1. The molecule has 1 rings (SSSR count). The molecule has 0 radical (unpaired) electrons. The van der Waals surface area contributed by atoms with Crippen LogP contribution in [0.2, 0.25) is 0 Å². The monoisotopic (exact) mass is 252 g/mol. The van der Waals surface area contributed by atoms with E-state index in [9.17, 15) is 4.79 Å². The van der Waals surface area contributed by atoms with E-state index in [2.05, 4.69) is 0 Å². The minimum atomic E-state index is -0.230. The zero-order valence-corrected chi connectivity index (χ0v) is 10.9. The minimum absolute atomic E-state index is 0.0889. The van der Waals surface area contributed by atoms with Gasteiger partial charge in [-0.25, -0.2) is 0 Å². The first-order chi connectivity index (χ1) is 8.71. The zero-order valence-electron chi connectivity index (χ0n) is 10.9. The second-order valence-electron chi connectivity index (χ2n) is 4.14. The first-order valence-electron chi connectivity index (χ1n) is 6.03. The molecule has 0 heterocycles. The van der Waals surface area contributed by atoms with Gasteiger partial charge in [0, 0.05) is 6.61 Å². The van der Waals surface area contributed by atoms with Gasteiger partial charge in [-0.2, -0.15) is 0 Å². The molecular formula is C14H20O4. The summed E-state index contributed by atoms with van der Waals surface area (Å²) in [6.45, 7) is 0.0889. The van der Waals surface area contributed by atoms with Crippen LogP contribution in [0.15, 0.2) is 24.3 Å². The van der Waals surface area contributed by atoms with E-state index in [1.807, 2.05) is 24.3 Å². The molecule has 1 unspecified atom stereocenters. The van der Waals surface area contributed by atoms with Crippen molar-refractivity contribution in [3.05, 3.63) is 29.8 Å². The average molecular weight is 252 g/mol. The number of esters is 1. The van der Waals surface area contributed by atoms with Crippen LogP contribution in [0.4, 0.5) is 0 Å². The van der Waals surface area contributed by atoms with Crippen molar-refractivity contribution in [3.63, 3.8) is 0 Å². The predicted octanol–water partition coefficient (Wildman–Crippen LogP) is 1.80. The van der Waals surface area contributed by atoms with Gasteiger partial charge in [-0.05, 0) is 37.0 Å². The second kappa shape index (κ2) is 7.71. The van der Waals surface area contributed by atoms with Crippen molar-refractivity contribution in [2.75, 3.05) is 20.8 Å². The van der Waals surface area contributed by atoms with Gasteiger partial charge >= 0.3 is 5.97 Å². The van der Waals surface area contributed by atoms with E-state index < -0.39 is 0 Å².